The van der Waals surface area contributed by atoms with Crippen molar-refractivity contribution in [3.05, 3.63) is 75.6 Å². The molecular weight excluding hydrogens is 362 g/mol. The van der Waals surface area contributed by atoms with E-state index in [4.69, 9.17) is 4.74 Å². The molecule has 2 aromatic carbocycles. The van der Waals surface area contributed by atoms with Crippen LogP contribution in [0, 0.1) is 17.0 Å². The first-order chi connectivity index (χ1) is 13.5. The molecule has 0 radical (unpaired) electrons. The van der Waals surface area contributed by atoms with E-state index in [1.165, 1.54) is 16.8 Å². The molecule has 1 amide bonds. The van der Waals surface area contributed by atoms with Crippen molar-refractivity contribution in [3.8, 4) is 11.4 Å². The predicted octanol–water partition coefficient (Wildman–Crippen LogP) is 2.47. The molecule has 1 N–H and O–H groups in total. The molecule has 3 aromatic rings. The number of aromatic nitrogens is 3. The van der Waals surface area contributed by atoms with Crippen LogP contribution in [0.5, 0.6) is 5.75 Å². The predicted molar refractivity (Wildman–Crippen MR) is 102 cm³/mol. The zero-order valence-corrected chi connectivity index (χ0v) is 15.5. The monoisotopic (exact) mass is 381 g/mol. The van der Waals surface area contributed by atoms with Crippen LogP contribution in [0.3, 0.4) is 0 Å². The van der Waals surface area contributed by atoms with Gasteiger partial charge in [0.15, 0.2) is 5.69 Å². The van der Waals surface area contributed by atoms with E-state index >= 15 is 0 Å². The second kappa shape index (κ2) is 8.30. The van der Waals surface area contributed by atoms with Crippen molar-refractivity contribution >= 4 is 11.6 Å². The van der Waals surface area contributed by atoms with Crippen LogP contribution >= 0.6 is 0 Å². The third-order valence-corrected chi connectivity index (χ3v) is 4.23. The smallest absolute Gasteiger partial charge is 0.273 e. The van der Waals surface area contributed by atoms with Gasteiger partial charge in [-0.3, -0.25) is 14.9 Å². The summed E-state index contributed by atoms with van der Waals surface area (Å²) in [6.45, 7) is 2.12. The number of carbonyl (C=O) groups is 1. The minimum Gasteiger partial charge on any atom is -0.497 e. The Morgan fingerprint density at radius 2 is 2.04 bits per heavy atom. The second-order valence-corrected chi connectivity index (χ2v) is 6.07. The minimum atomic E-state index is -0.484. The number of amides is 1. The van der Waals surface area contributed by atoms with Crippen molar-refractivity contribution in [1.82, 2.24) is 20.3 Å². The molecule has 0 unspecified atom stereocenters. The molecule has 144 valence electrons. The third kappa shape index (κ3) is 4.14. The SMILES string of the molecule is COc1cccc(CCNC(=O)c2nnn(-c3cccc([N+](=O)[O-])c3)c2C)c1. The first kappa shape index (κ1) is 19.0. The van der Waals surface area contributed by atoms with E-state index in [2.05, 4.69) is 15.6 Å². The maximum absolute atomic E-state index is 12.4. The van der Waals surface area contributed by atoms with E-state index in [1.54, 1.807) is 26.2 Å². The van der Waals surface area contributed by atoms with E-state index < -0.39 is 4.92 Å². The number of ether oxygens (including phenoxy) is 1. The number of benzene rings is 2. The minimum absolute atomic E-state index is 0.0586. The average Bonchev–Trinajstić information content (AvgIpc) is 3.09. The summed E-state index contributed by atoms with van der Waals surface area (Å²) in [4.78, 5) is 22.9. The summed E-state index contributed by atoms with van der Waals surface area (Å²) in [7, 11) is 1.61. The third-order valence-electron chi connectivity index (χ3n) is 4.23. The number of methoxy groups -OCH3 is 1. The molecule has 9 nitrogen and oxygen atoms in total. The average molecular weight is 381 g/mol. The summed E-state index contributed by atoms with van der Waals surface area (Å²) >= 11 is 0. The van der Waals surface area contributed by atoms with Crippen molar-refractivity contribution < 1.29 is 14.5 Å². The topological polar surface area (TPSA) is 112 Å². The highest BCUT2D eigenvalue weighted by atomic mass is 16.6. The number of nitrogens with one attached hydrogen (secondary N) is 1. The van der Waals surface area contributed by atoms with Gasteiger partial charge in [0, 0.05) is 18.7 Å². The number of hydrogen-bond acceptors (Lipinski definition) is 6. The number of hydrogen-bond donors (Lipinski definition) is 1. The van der Waals surface area contributed by atoms with E-state index in [9.17, 15) is 14.9 Å². The second-order valence-electron chi connectivity index (χ2n) is 6.07. The number of nitrogens with zero attached hydrogens (tertiary/aromatic N) is 4. The van der Waals surface area contributed by atoms with Gasteiger partial charge < -0.3 is 10.1 Å². The first-order valence-corrected chi connectivity index (χ1v) is 8.58. The summed E-state index contributed by atoms with van der Waals surface area (Å²) < 4.78 is 6.59. The summed E-state index contributed by atoms with van der Waals surface area (Å²) in [6, 6.07) is 13.6. The van der Waals surface area contributed by atoms with Crippen molar-refractivity contribution in [2.75, 3.05) is 13.7 Å². The van der Waals surface area contributed by atoms with Crippen molar-refractivity contribution in [1.29, 1.82) is 0 Å². The summed E-state index contributed by atoms with van der Waals surface area (Å²) in [5.41, 5.74) is 2.12. The van der Waals surface area contributed by atoms with Gasteiger partial charge in [-0.1, -0.05) is 23.4 Å². The normalized spacial score (nSPS) is 10.5. The van der Waals surface area contributed by atoms with Gasteiger partial charge in [-0.25, -0.2) is 4.68 Å². The van der Waals surface area contributed by atoms with Gasteiger partial charge >= 0.3 is 0 Å². The van der Waals surface area contributed by atoms with Crippen LogP contribution in [-0.4, -0.2) is 39.5 Å². The Morgan fingerprint density at radius 3 is 2.79 bits per heavy atom. The lowest BCUT2D eigenvalue weighted by Gasteiger charge is -2.06. The Hall–Kier alpha value is -3.75. The van der Waals surface area contributed by atoms with E-state index in [0.717, 1.165) is 11.3 Å². The van der Waals surface area contributed by atoms with Crippen LogP contribution in [0.4, 0.5) is 5.69 Å². The van der Waals surface area contributed by atoms with Gasteiger partial charge in [0.1, 0.15) is 5.75 Å². The summed E-state index contributed by atoms with van der Waals surface area (Å²) in [5, 5.41) is 21.7. The molecule has 0 saturated heterocycles. The Morgan fingerprint density at radius 1 is 1.25 bits per heavy atom. The number of non-ortho nitro benzene ring substituents is 1. The molecule has 0 spiro atoms. The molecule has 0 fully saturated rings. The van der Waals surface area contributed by atoms with Gasteiger partial charge in [0.2, 0.25) is 0 Å². The summed E-state index contributed by atoms with van der Waals surface area (Å²) in [5.74, 6) is 0.414. The van der Waals surface area contributed by atoms with Crippen LogP contribution in [0.15, 0.2) is 48.5 Å². The molecule has 0 atom stereocenters. The van der Waals surface area contributed by atoms with Crippen LogP contribution in [-0.2, 0) is 6.42 Å². The molecule has 1 heterocycles. The molecule has 0 aliphatic carbocycles. The largest absolute Gasteiger partial charge is 0.497 e. The molecule has 0 saturated carbocycles. The standard InChI is InChI=1S/C19H19N5O4/c1-13-18(19(25)20-10-9-14-5-3-8-17(11-14)28-2)21-22-23(13)15-6-4-7-16(12-15)24(26)27/h3-8,11-12H,9-10H2,1-2H3,(H,20,25). The van der Waals surface area contributed by atoms with E-state index in [1.807, 2.05) is 24.3 Å². The van der Waals surface area contributed by atoms with Gasteiger partial charge in [-0.2, -0.15) is 0 Å². The van der Waals surface area contributed by atoms with Crippen molar-refractivity contribution in [2.45, 2.75) is 13.3 Å². The Bertz CT molecular complexity index is 1020. The maximum atomic E-state index is 12.4. The van der Waals surface area contributed by atoms with Crippen LogP contribution in [0.25, 0.3) is 5.69 Å². The van der Waals surface area contributed by atoms with Crippen molar-refractivity contribution in [2.24, 2.45) is 0 Å². The van der Waals surface area contributed by atoms with Crippen LogP contribution in [0.2, 0.25) is 0 Å². The molecular formula is C19H19N5O4. The molecule has 0 aliphatic rings. The maximum Gasteiger partial charge on any atom is 0.273 e. The van der Waals surface area contributed by atoms with E-state index in [0.29, 0.717) is 24.3 Å². The highest BCUT2D eigenvalue weighted by Crippen LogP contribution is 2.18. The van der Waals surface area contributed by atoms with Crippen LogP contribution < -0.4 is 10.1 Å². The molecule has 1 aromatic heterocycles. The lowest BCUT2D eigenvalue weighted by atomic mass is 10.1. The Balaban J connectivity index is 1.68. The number of carbonyl (C=O) groups excluding carboxylic acids is 1. The molecule has 0 bridgehead atoms. The van der Waals surface area contributed by atoms with E-state index in [-0.39, 0.29) is 17.3 Å². The quantitative estimate of drug-likeness (QED) is 0.497. The number of nitro groups is 1. The highest BCUT2D eigenvalue weighted by Gasteiger charge is 2.18. The highest BCUT2D eigenvalue weighted by molar-refractivity contribution is 5.93. The molecule has 0 aliphatic heterocycles. The van der Waals surface area contributed by atoms with Gasteiger partial charge in [0.25, 0.3) is 11.6 Å². The Labute approximate surface area is 161 Å². The van der Waals surface area contributed by atoms with Gasteiger partial charge in [-0.05, 0) is 37.1 Å². The zero-order chi connectivity index (χ0) is 20.1. The number of nitro benzene ring substituents is 1. The molecule has 3 rings (SSSR count). The van der Waals surface area contributed by atoms with Crippen LogP contribution in [0.1, 0.15) is 21.7 Å². The Kier molecular flexibility index (Phi) is 5.64. The van der Waals surface area contributed by atoms with Gasteiger partial charge in [0.05, 0.1) is 23.4 Å². The van der Waals surface area contributed by atoms with Crippen molar-refractivity contribution in [3.63, 3.8) is 0 Å². The van der Waals surface area contributed by atoms with Gasteiger partial charge in [-0.15, -0.1) is 5.10 Å². The lowest BCUT2D eigenvalue weighted by molar-refractivity contribution is -0.384. The fourth-order valence-electron chi connectivity index (χ4n) is 2.75. The fraction of sp³-hybridized carbons (Fsp3) is 0.211. The number of rotatable bonds is 7. The lowest BCUT2D eigenvalue weighted by Crippen LogP contribution is -2.26. The molecule has 28 heavy (non-hydrogen) atoms. The first-order valence-electron chi connectivity index (χ1n) is 8.58. The molecule has 9 heteroatoms. The zero-order valence-electron chi connectivity index (χ0n) is 15.5. The summed E-state index contributed by atoms with van der Waals surface area (Å²) in [6.07, 6.45) is 0.640. The fourth-order valence-corrected chi connectivity index (χ4v) is 2.75.